The number of rotatable bonds is 6. The highest BCUT2D eigenvalue weighted by atomic mass is 16.3. The summed E-state index contributed by atoms with van der Waals surface area (Å²) in [6.07, 6.45) is 1.78. The molecule has 2 aromatic rings. The fraction of sp³-hybridized carbons (Fsp3) is 0.562. The normalized spacial score (nSPS) is 16.2. The second kappa shape index (κ2) is 5.94. The van der Waals surface area contributed by atoms with Gasteiger partial charge in [-0.05, 0) is 32.4 Å². The number of hydrogen-bond acceptors (Lipinski definition) is 3. The van der Waals surface area contributed by atoms with Gasteiger partial charge in [-0.25, -0.2) is 4.98 Å². The zero-order valence-corrected chi connectivity index (χ0v) is 12.8. The van der Waals surface area contributed by atoms with Gasteiger partial charge in [0, 0.05) is 13.6 Å². The Morgan fingerprint density at radius 1 is 1.40 bits per heavy atom. The number of hydrogen-bond donors (Lipinski definition) is 2. The van der Waals surface area contributed by atoms with Crippen LogP contribution in [0.25, 0.3) is 11.0 Å². The number of aryl methyl sites for hydroxylation is 1. The van der Waals surface area contributed by atoms with E-state index in [0.717, 1.165) is 29.7 Å². The van der Waals surface area contributed by atoms with E-state index in [-0.39, 0.29) is 6.04 Å². The molecule has 0 saturated carbocycles. The van der Waals surface area contributed by atoms with E-state index in [1.54, 1.807) is 0 Å². The first-order valence-corrected chi connectivity index (χ1v) is 7.32. The maximum absolute atomic E-state index is 10.2. The molecule has 20 heavy (non-hydrogen) atoms. The molecule has 0 aliphatic heterocycles. The SMILES string of the molecule is CCCC(C)(O)CNC(C)c1nc2ccccc2n1C. The van der Waals surface area contributed by atoms with Crippen molar-refractivity contribution in [2.75, 3.05) is 6.54 Å². The third-order valence-electron chi connectivity index (χ3n) is 3.79. The van der Waals surface area contributed by atoms with Crippen LogP contribution in [-0.4, -0.2) is 26.8 Å². The predicted molar refractivity (Wildman–Crippen MR) is 82.7 cm³/mol. The number of para-hydroxylation sites is 2. The van der Waals surface area contributed by atoms with Crippen LogP contribution in [0.1, 0.15) is 45.5 Å². The average molecular weight is 275 g/mol. The van der Waals surface area contributed by atoms with Crippen molar-refractivity contribution in [3.63, 3.8) is 0 Å². The molecule has 2 unspecified atom stereocenters. The lowest BCUT2D eigenvalue weighted by Crippen LogP contribution is -2.39. The number of nitrogens with zero attached hydrogens (tertiary/aromatic N) is 2. The van der Waals surface area contributed by atoms with Crippen molar-refractivity contribution in [3.8, 4) is 0 Å². The summed E-state index contributed by atoms with van der Waals surface area (Å²) in [6, 6.07) is 8.24. The molecule has 1 aromatic heterocycles. The molecule has 0 spiro atoms. The third kappa shape index (κ3) is 3.19. The van der Waals surface area contributed by atoms with Gasteiger partial charge in [0.25, 0.3) is 0 Å². The van der Waals surface area contributed by atoms with Crippen molar-refractivity contribution in [2.24, 2.45) is 7.05 Å². The summed E-state index contributed by atoms with van der Waals surface area (Å²) in [5, 5.41) is 13.6. The fourth-order valence-corrected chi connectivity index (χ4v) is 2.64. The molecule has 0 radical (unpaired) electrons. The first-order valence-electron chi connectivity index (χ1n) is 7.32. The maximum Gasteiger partial charge on any atom is 0.126 e. The van der Waals surface area contributed by atoms with Crippen molar-refractivity contribution in [1.29, 1.82) is 0 Å². The summed E-state index contributed by atoms with van der Waals surface area (Å²) in [5.74, 6) is 0.999. The lowest BCUT2D eigenvalue weighted by molar-refractivity contribution is 0.0473. The average Bonchev–Trinajstić information content (AvgIpc) is 2.74. The number of imidazole rings is 1. The minimum Gasteiger partial charge on any atom is -0.389 e. The number of aliphatic hydroxyl groups is 1. The molecule has 0 aliphatic rings. The predicted octanol–water partition coefficient (Wildman–Crippen LogP) is 2.78. The Bertz CT molecular complexity index is 574. The fourth-order valence-electron chi connectivity index (χ4n) is 2.64. The first-order chi connectivity index (χ1) is 9.44. The Balaban J connectivity index is 2.11. The van der Waals surface area contributed by atoms with Crippen molar-refractivity contribution in [2.45, 2.75) is 45.3 Å². The van der Waals surface area contributed by atoms with Gasteiger partial charge in [-0.1, -0.05) is 25.5 Å². The molecular weight excluding hydrogens is 250 g/mol. The van der Waals surface area contributed by atoms with E-state index in [1.807, 2.05) is 32.2 Å². The monoisotopic (exact) mass is 275 g/mol. The van der Waals surface area contributed by atoms with E-state index < -0.39 is 5.60 Å². The van der Waals surface area contributed by atoms with Crippen molar-refractivity contribution in [3.05, 3.63) is 30.1 Å². The van der Waals surface area contributed by atoms with E-state index in [1.165, 1.54) is 0 Å². The van der Waals surface area contributed by atoms with Crippen LogP contribution < -0.4 is 5.32 Å². The van der Waals surface area contributed by atoms with Gasteiger partial charge in [0.2, 0.25) is 0 Å². The van der Waals surface area contributed by atoms with E-state index >= 15 is 0 Å². The van der Waals surface area contributed by atoms with Crippen LogP contribution in [0.3, 0.4) is 0 Å². The molecule has 0 fully saturated rings. The van der Waals surface area contributed by atoms with Crippen molar-refractivity contribution >= 4 is 11.0 Å². The third-order valence-corrected chi connectivity index (χ3v) is 3.79. The highest BCUT2D eigenvalue weighted by molar-refractivity contribution is 5.75. The topological polar surface area (TPSA) is 50.1 Å². The van der Waals surface area contributed by atoms with Gasteiger partial charge < -0.3 is 15.0 Å². The quantitative estimate of drug-likeness (QED) is 0.852. The molecular formula is C16H25N3O. The van der Waals surface area contributed by atoms with E-state index in [9.17, 15) is 5.11 Å². The molecule has 0 saturated heterocycles. The van der Waals surface area contributed by atoms with Crippen molar-refractivity contribution < 1.29 is 5.11 Å². The molecule has 1 aromatic carbocycles. The Kier molecular flexibility index (Phi) is 4.45. The minimum atomic E-state index is -0.659. The van der Waals surface area contributed by atoms with Gasteiger partial charge in [0.15, 0.2) is 0 Å². The Morgan fingerprint density at radius 3 is 2.75 bits per heavy atom. The van der Waals surface area contributed by atoms with Crippen LogP contribution in [0.4, 0.5) is 0 Å². The molecule has 2 N–H and O–H groups in total. The second-order valence-corrected chi connectivity index (χ2v) is 5.87. The molecule has 1 heterocycles. The Hall–Kier alpha value is -1.39. The van der Waals surface area contributed by atoms with Gasteiger partial charge >= 0.3 is 0 Å². The Labute approximate surface area is 120 Å². The van der Waals surface area contributed by atoms with Crippen LogP contribution in [0.5, 0.6) is 0 Å². The van der Waals surface area contributed by atoms with E-state index in [4.69, 9.17) is 0 Å². The van der Waals surface area contributed by atoms with Gasteiger partial charge in [-0.15, -0.1) is 0 Å². The number of nitrogens with one attached hydrogen (secondary N) is 1. The van der Waals surface area contributed by atoms with Crippen molar-refractivity contribution in [1.82, 2.24) is 14.9 Å². The van der Waals surface area contributed by atoms with Crippen LogP contribution in [0.2, 0.25) is 0 Å². The molecule has 0 amide bonds. The van der Waals surface area contributed by atoms with Crippen LogP contribution >= 0.6 is 0 Å². The van der Waals surface area contributed by atoms with Gasteiger partial charge in [-0.3, -0.25) is 0 Å². The van der Waals surface area contributed by atoms with Gasteiger partial charge in [0.1, 0.15) is 5.82 Å². The summed E-state index contributed by atoms with van der Waals surface area (Å²) in [7, 11) is 2.03. The first kappa shape index (κ1) is 15.0. The molecule has 2 rings (SSSR count). The number of fused-ring (bicyclic) bond motifs is 1. The van der Waals surface area contributed by atoms with Crippen LogP contribution in [-0.2, 0) is 7.05 Å². The molecule has 2 atom stereocenters. The Morgan fingerprint density at radius 2 is 2.10 bits per heavy atom. The zero-order valence-electron chi connectivity index (χ0n) is 12.8. The standard InChI is InChI=1S/C16H25N3O/c1-5-10-16(3,20)11-17-12(2)15-18-13-8-6-7-9-14(13)19(15)4/h6-9,12,17,20H,5,10-11H2,1-4H3. The molecule has 0 bridgehead atoms. The molecule has 4 heteroatoms. The van der Waals surface area contributed by atoms with Gasteiger partial charge in [0.05, 0.1) is 22.7 Å². The molecule has 4 nitrogen and oxygen atoms in total. The summed E-state index contributed by atoms with van der Waals surface area (Å²) < 4.78 is 2.11. The van der Waals surface area contributed by atoms with E-state index in [2.05, 4.69) is 34.8 Å². The molecule has 110 valence electrons. The van der Waals surface area contributed by atoms with Crippen LogP contribution in [0.15, 0.2) is 24.3 Å². The molecule has 0 aliphatic carbocycles. The summed E-state index contributed by atoms with van der Waals surface area (Å²) in [6.45, 7) is 6.63. The smallest absolute Gasteiger partial charge is 0.126 e. The van der Waals surface area contributed by atoms with Gasteiger partial charge in [-0.2, -0.15) is 0 Å². The summed E-state index contributed by atoms with van der Waals surface area (Å²) >= 11 is 0. The lowest BCUT2D eigenvalue weighted by Gasteiger charge is -2.25. The number of benzene rings is 1. The zero-order chi connectivity index (χ0) is 14.8. The summed E-state index contributed by atoms with van der Waals surface area (Å²) in [5.41, 5.74) is 1.49. The highest BCUT2D eigenvalue weighted by Gasteiger charge is 2.21. The largest absolute Gasteiger partial charge is 0.389 e. The van der Waals surface area contributed by atoms with Crippen LogP contribution in [0, 0.1) is 0 Å². The number of aromatic nitrogens is 2. The summed E-state index contributed by atoms with van der Waals surface area (Å²) in [4.78, 5) is 4.68. The minimum absolute atomic E-state index is 0.107. The highest BCUT2D eigenvalue weighted by Crippen LogP contribution is 2.20. The van der Waals surface area contributed by atoms with E-state index in [0.29, 0.717) is 6.54 Å². The second-order valence-electron chi connectivity index (χ2n) is 5.87. The lowest BCUT2D eigenvalue weighted by atomic mass is 10.0. The maximum atomic E-state index is 10.2.